The fraction of sp³-hybridized carbons (Fsp3) is 0.0952. The van der Waals surface area contributed by atoms with Gasteiger partial charge in [-0.05, 0) is 52.3 Å². The molecule has 0 fully saturated rings. The Bertz CT molecular complexity index is 1080. The van der Waals surface area contributed by atoms with E-state index in [-0.39, 0.29) is 12.5 Å². The average Bonchev–Trinajstić information content (AvgIpc) is 2.75. The number of amides is 1. The first-order valence-electron chi connectivity index (χ1n) is 8.65. The number of hydrazone groups is 1. The molecule has 2 aromatic carbocycles. The van der Waals surface area contributed by atoms with Crippen LogP contribution in [-0.4, -0.2) is 24.2 Å². The van der Waals surface area contributed by atoms with E-state index >= 15 is 0 Å². The summed E-state index contributed by atoms with van der Waals surface area (Å²) in [5, 5.41) is 5.07. The largest absolute Gasteiger partial charge is 0.493 e. The van der Waals surface area contributed by atoms with E-state index in [1.54, 1.807) is 48.7 Å². The van der Waals surface area contributed by atoms with Gasteiger partial charge in [-0.25, -0.2) is 5.43 Å². The van der Waals surface area contributed by atoms with Crippen LogP contribution < -0.4 is 14.9 Å². The molecule has 0 radical (unpaired) electrons. The number of hydrogen-bond donors (Lipinski definition) is 1. The Hall–Kier alpha value is -2.61. The molecule has 3 rings (SSSR count). The molecular weight excluding hydrogens is 493 g/mol. The van der Waals surface area contributed by atoms with Crippen molar-refractivity contribution in [2.45, 2.75) is 6.61 Å². The number of nitrogens with one attached hydrogen (secondary N) is 1. The number of aromatic nitrogens is 1. The minimum atomic E-state index is -0.359. The molecule has 1 amide bonds. The molecule has 0 atom stereocenters. The van der Waals surface area contributed by atoms with Crippen molar-refractivity contribution in [2.24, 2.45) is 5.10 Å². The third kappa shape index (κ3) is 5.72. The maximum Gasteiger partial charge on any atom is 0.272 e. The summed E-state index contributed by atoms with van der Waals surface area (Å²) >= 11 is 15.6. The number of halogens is 3. The second-order valence-electron chi connectivity index (χ2n) is 5.99. The lowest BCUT2D eigenvalue weighted by atomic mass is 10.2. The molecule has 30 heavy (non-hydrogen) atoms. The van der Waals surface area contributed by atoms with Crippen LogP contribution in [0.3, 0.4) is 0 Å². The Morgan fingerprint density at radius 1 is 1.23 bits per heavy atom. The summed E-state index contributed by atoms with van der Waals surface area (Å²) < 4.78 is 12.0. The van der Waals surface area contributed by atoms with Gasteiger partial charge in [0.25, 0.3) is 5.91 Å². The van der Waals surface area contributed by atoms with Crippen LogP contribution >= 0.6 is 39.1 Å². The van der Waals surface area contributed by atoms with Gasteiger partial charge in [0.2, 0.25) is 0 Å². The van der Waals surface area contributed by atoms with E-state index in [4.69, 9.17) is 32.7 Å². The van der Waals surface area contributed by atoms with Crippen molar-refractivity contribution in [1.82, 2.24) is 10.4 Å². The molecule has 1 aromatic heterocycles. The fourth-order valence-corrected chi connectivity index (χ4v) is 3.33. The molecule has 1 heterocycles. The van der Waals surface area contributed by atoms with Crippen molar-refractivity contribution in [3.05, 3.63) is 86.1 Å². The van der Waals surface area contributed by atoms with Crippen LogP contribution in [0.1, 0.15) is 21.5 Å². The first-order valence-corrected chi connectivity index (χ1v) is 10.2. The zero-order chi connectivity index (χ0) is 21.5. The van der Waals surface area contributed by atoms with Crippen LogP contribution in [0.25, 0.3) is 0 Å². The standard InChI is InChI=1S/C21H16BrCl2N3O3/c1-29-19-7-15(11-26-27-21(28)13-3-2-6-25-10-13)17(22)9-20(19)30-12-14-4-5-16(23)8-18(14)24/h2-11H,12H2,1H3,(H,27,28)/b26-11-. The molecule has 6 nitrogen and oxygen atoms in total. The van der Waals surface area contributed by atoms with Gasteiger partial charge in [-0.1, -0.05) is 29.3 Å². The van der Waals surface area contributed by atoms with Gasteiger partial charge >= 0.3 is 0 Å². The van der Waals surface area contributed by atoms with Gasteiger partial charge in [0.1, 0.15) is 6.61 Å². The van der Waals surface area contributed by atoms with Gasteiger partial charge in [-0.2, -0.15) is 5.10 Å². The number of benzene rings is 2. The number of pyridine rings is 1. The van der Waals surface area contributed by atoms with E-state index in [9.17, 15) is 4.79 Å². The van der Waals surface area contributed by atoms with Gasteiger partial charge < -0.3 is 9.47 Å². The Labute approximate surface area is 192 Å². The fourth-order valence-electron chi connectivity index (χ4n) is 2.44. The number of rotatable bonds is 7. The Kier molecular flexibility index (Phi) is 7.68. The highest BCUT2D eigenvalue weighted by Gasteiger charge is 2.11. The van der Waals surface area contributed by atoms with Crippen molar-refractivity contribution in [2.75, 3.05) is 7.11 Å². The molecule has 154 valence electrons. The molecular formula is C21H16BrCl2N3O3. The molecule has 0 aliphatic rings. The van der Waals surface area contributed by atoms with E-state index in [0.717, 1.165) is 5.56 Å². The van der Waals surface area contributed by atoms with Crippen molar-refractivity contribution in [3.8, 4) is 11.5 Å². The van der Waals surface area contributed by atoms with Crippen molar-refractivity contribution in [3.63, 3.8) is 0 Å². The summed E-state index contributed by atoms with van der Waals surface area (Å²) in [5.74, 6) is 0.664. The molecule has 0 bridgehead atoms. The summed E-state index contributed by atoms with van der Waals surface area (Å²) in [4.78, 5) is 15.9. The topological polar surface area (TPSA) is 72.8 Å². The van der Waals surface area contributed by atoms with Crippen molar-refractivity contribution < 1.29 is 14.3 Å². The van der Waals surface area contributed by atoms with E-state index in [1.165, 1.54) is 19.5 Å². The van der Waals surface area contributed by atoms with Gasteiger partial charge in [0, 0.05) is 38.0 Å². The molecule has 3 aromatic rings. The van der Waals surface area contributed by atoms with E-state index in [0.29, 0.717) is 37.1 Å². The lowest BCUT2D eigenvalue weighted by Gasteiger charge is -2.13. The lowest BCUT2D eigenvalue weighted by molar-refractivity contribution is 0.0955. The third-order valence-corrected chi connectivity index (χ3v) is 5.25. The average molecular weight is 509 g/mol. The number of methoxy groups -OCH3 is 1. The third-order valence-electron chi connectivity index (χ3n) is 3.97. The predicted octanol–water partition coefficient (Wildman–Crippen LogP) is 5.50. The smallest absolute Gasteiger partial charge is 0.272 e. The van der Waals surface area contributed by atoms with E-state index in [1.807, 2.05) is 0 Å². The molecule has 0 aliphatic carbocycles. The van der Waals surface area contributed by atoms with Crippen LogP contribution in [0.4, 0.5) is 0 Å². The highest BCUT2D eigenvalue weighted by molar-refractivity contribution is 9.10. The minimum absolute atomic E-state index is 0.243. The van der Waals surface area contributed by atoms with Crippen molar-refractivity contribution >= 4 is 51.3 Å². The predicted molar refractivity (Wildman–Crippen MR) is 121 cm³/mol. The molecule has 0 saturated heterocycles. The second-order valence-corrected chi connectivity index (χ2v) is 7.69. The first-order chi connectivity index (χ1) is 14.5. The van der Waals surface area contributed by atoms with Gasteiger partial charge in [-0.3, -0.25) is 9.78 Å². The number of hydrogen-bond acceptors (Lipinski definition) is 5. The summed E-state index contributed by atoms with van der Waals surface area (Å²) in [6, 6.07) is 12.0. The summed E-state index contributed by atoms with van der Waals surface area (Å²) in [5.41, 5.74) is 4.35. The Morgan fingerprint density at radius 3 is 2.77 bits per heavy atom. The molecule has 9 heteroatoms. The van der Waals surface area contributed by atoms with Crippen LogP contribution in [0.5, 0.6) is 11.5 Å². The molecule has 0 aliphatic heterocycles. The minimum Gasteiger partial charge on any atom is -0.493 e. The SMILES string of the molecule is COc1cc(/C=N\NC(=O)c2cccnc2)c(Br)cc1OCc1ccc(Cl)cc1Cl. The molecule has 0 spiro atoms. The lowest BCUT2D eigenvalue weighted by Crippen LogP contribution is -2.17. The quantitative estimate of drug-likeness (QED) is 0.337. The van der Waals surface area contributed by atoms with E-state index < -0.39 is 0 Å². The molecule has 0 saturated carbocycles. The summed E-state index contributed by atoms with van der Waals surface area (Å²) in [6.07, 6.45) is 4.55. The summed E-state index contributed by atoms with van der Waals surface area (Å²) in [6.45, 7) is 0.243. The van der Waals surface area contributed by atoms with Crippen LogP contribution in [0, 0.1) is 0 Å². The maximum atomic E-state index is 12.0. The highest BCUT2D eigenvalue weighted by atomic mass is 79.9. The summed E-state index contributed by atoms with van der Waals surface area (Å²) in [7, 11) is 1.54. The van der Waals surface area contributed by atoms with Gasteiger partial charge in [0.05, 0.1) is 18.9 Å². The zero-order valence-electron chi connectivity index (χ0n) is 15.7. The van der Waals surface area contributed by atoms with Gasteiger partial charge in [-0.15, -0.1) is 0 Å². The molecule has 1 N–H and O–H groups in total. The first kappa shape index (κ1) is 22.1. The normalized spacial score (nSPS) is 10.8. The second kappa shape index (κ2) is 10.4. The van der Waals surface area contributed by atoms with Crippen LogP contribution in [-0.2, 0) is 6.61 Å². The highest BCUT2D eigenvalue weighted by Crippen LogP contribution is 2.34. The monoisotopic (exact) mass is 507 g/mol. The Morgan fingerprint density at radius 2 is 2.07 bits per heavy atom. The number of carbonyl (C=O) groups excluding carboxylic acids is 1. The Balaban J connectivity index is 1.71. The number of ether oxygens (including phenoxy) is 2. The van der Waals surface area contributed by atoms with Crippen LogP contribution in [0.2, 0.25) is 10.0 Å². The van der Waals surface area contributed by atoms with Crippen molar-refractivity contribution in [1.29, 1.82) is 0 Å². The molecule has 0 unspecified atom stereocenters. The zero-order valence-corrected chi connectivity index (χ0v) is 18.8. The number of carbonyl (C=O) groups is 1. The maximum absolute atomic E-state index is 12.0. The van der Waals surface area contributed by atoms with Crippen LogP contribution in [0.15, 0.2) is 64.4 Å². The van der Waals surface area contributed by atoms with E-state index in [2.05, 4.69) is 31.4 Å². The number of nitrogens with zero attached hydrogens (tertiary/aromatic N) is 2. The van der Waals surface area contributed by atoms with Gasteiger partial charge in [0.15, 0.2) is 11.5 Å².